The third-order valence-electron chi connectivity index (χ3n) is 3.32. The molecule has 0 aliphatic carbocycles. The van der Waals surface area contributed by atoms with Gasteiger partial charge in [0.2, 0.25) is 0 Å². The lowest BCUT2D eigenvalue weighted by Gasteiger charge is -2.15. The molecule has 3 rings (SSSR count). The van der Waals surface area contributed by atoms with Gasteiger partial charge in [0, 0.05) is 39.6 Å². The van der Waals surface area contributed by atoms with Crippen molar-refractivity contribution in [2.45, 2.75) is 0 Å². The fraction of sp³-hybridized carbons (Fsp3) is 0. The van der Waals surface area contributed by atoms with E-state index in [0.717, 1.165) is 0 Å². The smallest absolute Gasteiger partial charge is 0.169 e. The van der Waals surface area contributed by atoms with Crippen LogP contribution in [-0.4, -0.2) is 0 Å². The van der Waals surface area contributed by atoms with Gasteiger partial charge < -0.3 is 20.9 Å². The van der Waals surface area contributed by atoms with Crippen LogP contribution in [0.3, 0.4) is 0 Å². The van der Waals surface area contributed by atoms with E-state index in [-0.39, 0.29) is 26.6 Å². The molecule has 0 fully saturated rings. The van der Waals surface area contributed by atoms with E-state index < -0.39 is 0 Å². The van der Waals surface area contributed by atoms with Gasteiger partial charge in [-0.1, -0.05) is 58.0 Å². The molecule has 0 bridgehead atoms. The fourth-order valence-corrected chi connectivity index (χ4v) is 3.37. The van der Waals surface area contributed by atoms with E-state index >= 15 is 0 Å². The van der Waals surface area contributed by atoms with Crippen molar-refractivity contribution >= 4 is 69.4 Å². The Balaban J connectivity index is 2.02. The highest BCUT2D eigenvalue weighted by Gasteiger charge is 2.19. The molecule has 4 N–H and O–H groups in total. The molecule has 0 atom stereocenters. The van der Waals surface area contributed by atoms with Crippen molar-refractivity contribution in [1.29, 1.82) is 0 Å². The predicted molar refractivity (Wildman–Crippen MR) is 113 cm³/mol. The highest BCUT2D eigenvalue weighted by molar-refractivity contribution is 6.45. The number of benzene rings is 3. The summed E-state index contributed by atoms with van der Waals surface area (Å²) in [5.74, 6) is 1.01. The summed E-state index contributed by atoms with van der Waals surface area (Å²) in [6.45, 7) is 0. The number of nitrogen functional groups attached to an aromatic ring is 2. The Labute approximate surface area is 180 Å². The lowest BCUT2D eigenvalue weighted by Crippen LogP contribution is -1.94. The van der Waals surface area contributed by atoms with E-state index in [4.69, 9.17) is 78.9 Å². The maximum atomic E-state index is 6.42. The highest BCUT2D eigenvalue weighted by atomic mass is 35.5. The Hall–Kier alpha value is -1.69. The lowest BCUT2D eigenvalue weighted by atomic mass is 10.2. The van der Waals surface area contributed by atoms with Gasteiger partial charge in [-0.15, -0.1) is 0 Å². The van der Waals surface area contributed by atoms with Gasteiger partial charge in [-0.2, -0.15) is 0 Å². The minimum atomic E-state index is 0.0949. The topological polar surface area (TPSA) is 70.5 Å². The minimum Gasteiger partial charge on any atom is -0.455 e. The number of halogens is 5. The van der Waals surface area contributed by atoms with Gasteiger partial charge >= 0.3 is 0 Å². The fourth-order valence-electron chi connectivity index (χ4n) is 2.25. The molecule has 140 valence electrons. The molecule has 0 saturated heterocycles. The van der Waals surface area contributed by atoms with E-state index in [1.165, 1.54) is 6.07 Å². The first-order chi connectivity index (χ1) is 12.7. The van der Waals surface area contributed by atoms with Crippen LogP contribution in [0.5, 0.6) is 23.0 Å². The average Bonchev–Trinajstić information content (AvgIpc) is 2.55. The largest absolute Gasteiger partial charge is 0.455 e. The van der Waals surface area contributed by atoms with Gasteiger partial charge in [-0.25, -0.2) is 0 Å². The molecule has 0 amide bonds. The standard InChI is InChI=1S/C18H11Cl5N2O2/c19-8-1-10(24)5-12(3-8)26-15-7-14(21)16(22)18(17(15)23)27-13-4-9(20)2-11(25)6-13/h1-7H,24-25H2. The summed E-state index contributed by atoms with van der Waals surface area (Å²) in [7, 11) is 0. The first-order valence-electron chi connectivity index (χ1n) is 7.38. The summed E-state index contributed by atoms with van der Waals surface area (Å²) in [5, 5.41) is 1.19. The predicted octanol–water partition coefficient (Wildman–Crippen LogP) is 7.70. The minimum absolute atomic E-state index is 0.0949. The van der Waals surface area contributed by atoms with Gasteiger partial charge in [0.25, 0.3) is 0 Å². The van der Waals surface area contributed by atoms with Crippen molar-refractivity contribution in [3.8, 4) is 23.0 Å². The maximum absolute atomic E-state index is 6.42. The van der Waals surface area contributed by atoms with Crippen LogP contribution in [0.15, 0.2) is 42.5 Å². The third-order valence-corrected chi connectivity index (χ3v) is 4.88. The number of ether oxygens (including phenoxy) is 2. The van der Waals surface area contributed by atoms with Gasteiger partial charge in [0.05, 0.1) is 5.02 Å². The number of nitrogens with two attached hydrogens (primary N) is 2. The zero-order valence-corrected chi connectivity index (χ0v) is 17.2. The van der Waals surface area contributed by atoms with Crippen LogP contribution in [0.2, 0.25) is 25.1 Å². The zero-order chi connectivity index (χ0) is 19.7. The molecule has 0 saturated carbocycles. The zero-order valence-electron chi connectivity index (χ0n) is 13.4. The molecule has 0 unspecified atom stereocenters. The SMILES string of the molecule is Nc1cc(Cl)cc(Oc2cc(Cl)c(Cl)c(Oc3cc(N)cc(Cl)c3)c2Cl)c1. The summed E-state index contributed by atoms with van der Waals surface area (Å²) >= 11 is 30.9. The van der Waals surface area contributed by atoms with Crippen LogP contribution in [0, 0.1) is 0 Å². The number of hydrogen-bond donors (Lipinski definition) is 2. The summed E-state index contributed by atoms with van der Waals surface area (Å²) in [6.07, 6.45) is 0. The summed E-state index contributed by atoms with van der Waals surface area (Å²) in [4.78, 5) is 0. The van der Waals surface area contributed by atoms with E-state index in [1.807, 2.05) is 0 Å². The Bertz CT molecular complexity index is 987. The summed E-state index contributed by atoms with van der Waals surface area (Å²) in [6, 6.07) is 10.9. The van der Waals surface area contributed by atoms with Gasteiger partial charge in [-0.05, 0) is 24.3 Å². The number of anilines is 2. The molecular weight excluding hydrogens is 453 g/mol. The Kier molecular flexibility index (Phi) is 6.04. The Morgan fingerprint density at radius 3 is 1.63 bits per heavy atom. The van der Waals surface area contributed by atoms with Gasteiger partial charge in [0.1, 0.15) is 21.5 Å². The van der Waals surface area contributed by atoms with Crippen molar-refractivity contribution < 1.29 is 9.47 Å². The molecule has 3 aromatic carbocycles. The molecule has 0 spiro atoms. The van der Waals surface area contributed by atoms with Crippen molar-refractivity contribution in [3.05, 3.63) is 67.6 Å². The molecule has 27 heavy (non-hydrogen) atoms. The van der Waals surface area contributed by atoms with Crippen molar-refractivity contribution in [2.24, 2.45) is 0 Å². The second kappa shape index (κ2) is 8.13. The molecule has 4 nitrogen and oxygen atoms in total. The molecule has 0 radical (unpaired) electrons. The van der Waals surface area contributed by atoms with Crippen LogP contribution in [0.1, 0.15) is 0 Å². The average molecular weight is 465 g/mol. The van der Waals surface area contributed by atoms with E-state index in [1.54, 1.807) is 36.4 Å². The van der Waals surface area contributed by atoms with Crippen LogP contribution in [-0.2, 0) is 0 Å². The second-order valence-corrected chi connectivity index (χ2v) is 7.49. The maximum Gasteiger partial charge on any atom is 0.169 e. The first kappa shape index (κ1) is 20.1. The molecule has 3 aromatic rings. The van der Waals surface area contributed by atoms with E-state index in [0.29, 0.717) is 32.9 Å². The van der Waals surface area contributed by atoms with Crippen molar-refractivity contribution in [2.75, 3.05) is 11.5 Å². The molecular formula is C18H11Cl5N2O2. The lowest BCUT2D eigenvalue weighted by molar-refractivity contribution is 0.461. The Morgan fingerprint density at radius 1 is 0.593 bits per heavy atom. The van der Waals surface area contributed by atoms with Crippen LogP contribution in [0.4, 0.5) is 11.4 Å². The third kappa shape index (κ3) is 4.78. The number of hydrogen-bond acceptors (Lipinski definition) is 4. The highest BCUT2D eigenvalue weighted by Crippen LogP contribution is 2.47. The molecule has 0 aliphatic heterocycles. The molecule has 0 aromatic heterocycles. The molecule has 0 aliphatic rings. The van der Waals surface area contributed by atoms with Gasteiger partial charge in [0.15, 0.2) is 11.5 Å². The first-order valence-corrected chi connectivity index (χ1v) is 9.27. The molecule has 9 heteroatoms. The number of rotatable bonds is 4. The van der Waals surface area contributed by atoms with Crippen LogP contribution >= 0.6 is 58.0 Å². The summed E-state index contributed by atoms with van der Waals surface area (Å²) in [5.41, 5.74) is 12.4. The Morgan fingerprint density at radius 2 is 1.11 bits per heavy atom. The van der Waals surface area contributed by atoms with E-state index in [2.05, 4.69) is 0 Å². The van der Waals surface area contributed by atoms with Crippen LogP contribution < -0.4 is 20.9 Å². The van der Waals surface area contributed by atoms with Crippen molar-refractivity contribution in [1.82, 2.24) is 0 Å². The quantitative estimate of drug-likeness (QED) is 0.306. The van der Waals surface area contributed by atoms with Crippen LogP contribution in [0.25, 0.3) is 0 Å². The monoisotopic (exact) mass is 462 g/mol. The molecule has 0 heterocycles. The second-order valence-electron chi connectivity index (χ2n) is 5.46. The summed E-state index contributed by atoms with van der Waals surface area (Å²) < 4.78 is 11.5. The normalized spacial score (nSPS) is 10.7. The van der Waals surface area contributed by atoms with Crippen molar-refractivity contribution in [3.63, 3.8) is 0 Å². The van der Waals surface area contributed by atoms with E-state index in [9.17, 15) is 0 Å². The van der Waals surface area contributed by atoms with Gasteiger partial charge in [-0.3, -0.25) is 0 Å².